The van der Waals surface area contributed by atoms with Gasteiger partial charge in [0.1, 0.15) is 11.6 Å². The van der Waals surface area contributed by atoms with E-state index in [9.17, 15) is 9.18 Å². The SMILES string of the molecule is CCCNC(=O)c1cccc(Oc2ccnc(-c3ccc(F)cc3)n2)c1. The molecule has 0 saturated carbocycles. The van der Waals surface area contributed by atoms with Gasteiger partial charge in [0.15, 0.2) is 5.82 Å². The summed E-state index contributed by atoms with van der Waals surface area (Å²) in [5, 5.41) is 2.82. The molecule has 0 radical (unpaired) electrons. The minimum absolute atomic E-state index is 0.146. The Bertz CT molecular complexity index is 898. The van der Waals surface area contributed by atoms with E-state index in [2.05, 4.69) is 15.3 Å². The van der Waals surface area contributed by atoms with Crippen LogP contribution in [0.1, 0.15) is 23.7 Å². The summed E-state index contributed by atoms with van der Waals surface area (Å²) in [5.41, 5.74) is 1.20. The van der Waals surface area contributed by atoms with Gasteiger partial charge in [0.05, 0.1) is 0 Å². The molecule has 0 bridgehead atoms. The average molecular weight is 351 g/mol. The smallest absolute Gasteiger partial charge is 0.251 e. The van der Waals surface area contributed by atoms with E-state index in [1.807, 2.05) is 6.92 Å². The third-order valence-electron chi connectivity index (χ3n) is 3.59. The molecule has 0 spiro atoms. The molecule has 3 aromatic rings. The van der Waals surface area contributed by atoms with Crippen LogP contribution < -0.4 is 10.1 Å². The highest BCUT2D eigenvalue weighted by atomic mass is 19.1. The van der Waals surface area contributed by atoms with Crippen LogP contribution in [0.3, 0.4) is 0 Å². The zero-order valence-electron chi connectivity index (χ0n) is 14.3. The van der Waals surface area contributed by atoms with Gasteiger partial charge in [-0.1, -0.05) is 13.0 Å². The lowest BCUT2D eigenvalue weighted by molar-refractivity contribution is 0.0953. The molecule has 0 fully saturated rings. The molecule has 0 unspecified atom stereocenters. The molecule has 132 valence electrons. The number of carbonyl (C=O) groups excluding carboxylic acids is 1. The zero-order valence-corrected chi connectivity index (χ0v) is 14.3. The molecule has 1 heterocycles. The largest absolute Gasteiger partial charge is 0.439 e. The van der Waals surface area contributed by atoms with E-state index < -0.39 is 0 Å². The highest BCUT2D eigenvalue weighted by Gasteiger charge is 2.08. The topological polar surface area (TPSA) is 64.1 Å². The van der Waals surface area contributed by atoms with Crippen molar-refractivity contribution in [3.05, 3.63) is 72.2 Å². The predicted molar refractivity (Wildman–Crippen MR) is 96.6 cm³/mol. The summed E-state index contributed by atoms with van der Waals surface area (Å²) in [5.74, 6) is 0.800. The number of amides is 1. The Kier molecular flexibility index (Phi) is 5.53. The number of hydrogen-bond donors (Lipinski definition) is 1. The number of rotatable bonds is 6. The summed E-state index contributed by atoms with van der Waals surface area (Å²) in [6.45, 7) is 2.62. The summed E-state index contributed by atoms with van der Waals surface area (Å²) < 4.78 is 18.8. The summed E-state index contributed by atoms with van der Waals surface area (Å²) in [6, 6.07) is 14.4. The lowest BCUT2D eigenvalue weighted by Gasteiger charge is -2.08. The molecule has 6 heteroatoms. The monoisotopic (exact) mass is 351 g/mol. The van der Waals surface area contributed by atoms with Crippen LogP contribution in [-0.2, 0) is 0 Å². The fourth-order valence-electron chi connectivity index (χ4n) is 2.30. The molecule has 0 aliphatic rings. The summed E-state index contributed by atoms with van der Waals surface area (Å²) in [6.07, 6.45) is 2.44. The third kappa shape index (κ3) is 4.42. The maximum atomic E-state index is 13.1. The molecule has 0 aliphatic carbocycles. The molecule has 26 heavy (non-hydrogen) atoms. The van der Waals surface area contributed by atoms with Crippen molar-refractivity contribution in [2.45, 2.75) is 13.3 Å². The van der Waals surface area contributed by atoms with Crippen molar-refractivity contribution >= 4 is 5.91 Å². The van der Waals surface area contributed by atoms with Gasteiger partial charge in [-0.15, -0.1) is 0 Å². The highest BCUT2D eigenvalue weighted by Crippen LogP contribution is 2.23. The molecule has 0 aliphatic heterocycles. The van der Waals surface area contributed by atoms with Gasteiger partial charge in [-0.25, -0.2) is 9.37 Å². The van der Waals surface area contributed by atoms with E-state index in [0.717, 1.165) is 6.42 Å². The molecule has 1 aromatic heterocycles. The van der Waals surface area contributed by atoms with Crippen LogP contribution in [0.25, 0.3) is 11.4 Å². The Hall–Kier alpha value is -3.28. The van der Waals surface area contributed by atoms with E-state index in [-0.39, 0.29) is 11.7 Å². The molecule has 0 atom stereocenters. The number of benzene rings is 2. The highest BCUT2D eigenvalue weighted by molar-refractivity contribution is 5.94. The second-order valence-corrected chi connectivity index (χ2v) is 5.61. The fourth-order valence-corrected chi connectivity index (χ4v) is 2.30. The number of ether oxygens (including phenoxy) is 1. The maximum absolute atomic E-state index is 13.1. The van der Waals surface area contributed by atoms with Crippen LogP contribution in [-0.4, -0.2) is 22.4 Å². The Morgan fingerprint density at radius 2 is 1.96 bits per heavy atom. The molecule has 5 nitrogen and oxygen atoms in total. The Balaban J connectivity index is 1.78. The number of nitrogens with one attached hydrogen (secondary N) is 1. The van der Waals surface area contributed by atoms with Crippen molar-refractivity contribution in [3.8, 4) is 23.0 Å². The van der Waals surface area contributed by atoms with Crippen LogP contribution >= 0.6 is 0 Å². The van der Waals surface area contributed by atoms with Crippen molar-refractivity contribution < 1.29 is 13.9 Å². The van der Waals surface area contributed by atoms with Gasteiger partial charge in [0.2, 0.25) is 5.88 Å². The minimum atomic E-state index is -0.320. The van der Waals surface area contributed by atoms with E-state index in [0.29, 0.717) is 35.1 Å². The Labute approximate surface area is 150 Å². The van der Waals surface area contributed by atoms with E-state index in [1.54, 1.807) is 48.7 Å². The minimum Gasteiger partial charge on any atom is -0.439 e. The molecule has 2 aromatic carbocycles. The summed E-state index contributed by atoms with van der Waals surface area (Å²) in [7, 11) is 0. The summed E-state index contributed by atoms with van der Waals surface area (Å²) in [4.78, 5) is 20.6. The molecule has 1 N–H and O–H groups in total. The second-order valence-electron chi connectivity index (χ2n) is 5.61. The Morgan fingerprint density at radius 1 is 1.15 bits per heavy atom. The van der Waals surface area contributed by atoms with E-state index in [1.165, 1.54) is 12.1 Å². The maximum Gasteiger partial charge on any atom is 0.251 e. The normalized spacial score (nSPS) is 10.4. The first-order chi connectivity index (χ1) is 12.7. The zero-order chi connectivity index (χ0) is 18.4. The number of halogens is 1. The molecule has 0 saturated heterocycles. The lowest BCUT2D eigenvalue weighted by atomic mass is 10.2. The van der Waals surface area contributed by atoms with Gasteiger partial charge in [-0.05, 0) is 48.9 Å². The van der Waals surface area contributed by atoms with Crippen molar-refractivity contribution in [2.24, 2.45) is 0 Å². The van der Waals surface area contributed by atoms with Crippen LogP contribution in [0.4, 0.5) is 4.39 Å². The molecule has 1 amide bonds. The standard InChI is InChI=1S/C20H18FN3O2/c1-2-11-23-20(25)15-4-3-5-17(13-15)26-18-10-12-22-19(24-18)14-6-8-16(21)9-7-14/h3-10,12-13H,2,11H2,1H3,(H,23,25). The first-order valence-electron chi connectivity index (χ1n) is 8.31. The van der Waals surface area contributed by atoms with Crippen LogP contribution in [0.5, 0.6) is 11.6 Å². The second kappa shape index (κ2) is 8.20. The molecular weight excluding hydrogens is 333 g/mol. The van der Waals surface area contributed by atoms with Crippen molar-refractivity contribution in [1.29, 1.82) is 0 Å². The van der Waals surface area contributed by atoms with Crippen LogP contribution in [0.15, 0.2) is 60.8 Å². The Morgan fingerprint density at radius 3 is 2.73 bits per heavy atom. The first-order valence-corrected chi connectivity index (χ1v) is 8.31. The lowest BCUT2D eigenvalue weighted by Crippen LogP contribution is -2.23. The van der Waals surface area contributed by atoms with Crippen molar-refractivity contribution in [1.82, 2.24) is 15.3 Å². The van der Waals surface area contributed by atoms with Gasteiger partial charge >= 0.3 is 0 Å². The quantitative estimate of drug-likeness (QED) is 0.722. The summed E-state index contributed by atoms with van der Waals surface area (Å²) >= 11 is 0. The fraction of sp³-hybridized carbons (Fsp3) is 0.150. The number of carbonyl (C=O) groups is 1. The third-order valence-corrected chi connectivity index (χ3v) is 3.59. The average Bonchev–Trinajstić information content (AvgIpc) is 2.67. The first kappa shape index (κ1) is 17.5. The van der Waals surface area contributed by atoms with Gasteiger partial charge < -0.3 is 10.1 Å². The van der Waals surface area contributed by atoms with Gasteiger partial charge in [-0.3, -0.25) is 4.79 Å². The van der Waals surface area contributed by atoms with Gasteiger partial charge in [0.25, 0.3) is 5.91 Å². The van der Waals surface area contributed by atoms with E-state index in [4.69, 9.17) is 4.74 Å². The van der Waals surface area contributed by atoms with E-state index >= 15 is 0 Å². The van der Waals surface area contributed by atoms with Crippen LogP contribution in [0, 0.1) is 5.82 Å². The molecular formula is C20H18FN3O2. The van der Waals surface area contributed by atoms with Crippen LogP contribution in [0.2, 0.25) is 0 Å². The van der Waals surface area contributed by atoms with Crippen molar-refractivity contribution in [2.75, 3.05) is 6.54 Å². The molecule has 3 rings (SSSR count). The van der Waals surface area contributed by atoms with Gasteiger partial charge in [0, 0.05) is 29.9 Å². The predicted octanol–water partition coefficient (Wildman–Crippen LogP) is 4.21. The number of aromatic nitrogens is 2. The number of hydrogen-bond acceptors (Lipinski definition) is 4. The van der Waals surface area contributed by atoms with Crippen molar-refractivity contribution in [3.63, 3.8) is 0 Å². The number of nitrogens with zero attached hydrogens (tertiary/aromatic N) is 2. The van der Waals surface area contributed by atoms with Gasteiger partial charge in [-0.2, -0.15) is 4.98 Å².